The van der Waals surface area contributed by atoms with E-state index < -0.39 is 0 Å². The highest BCUT2D eigenvalue weighted by atomic mass is 35.5. The third-order valence-corrected chi connectivity index (χ3v) is 6.35. The fourth-order valence-electron chi connectivity index (χ4n) is 3.41. The van der Waals surface area contributed by atoms with Gasteiger partial charge in [-0.05, 0) is 37.1 Å². The summed E-state index contributed by atoms with van der Waals surface area (Å²) in [6.45, 7) is 1.41. The van der Waals surface area contributed by atoms with Gasteiger partial charge in [0.25, 0.3) is 0 Å². The molecule has 0 unspecified atom stereocenters. The number of ether oxygens (including phenoxy) is 1. The van der Waals surface area contributed by atoms with Crippen LogP contribution in [0.3, 0.4) is 0 Å². The zero-order chi connectivity index (χ0) is 21.8. The molecule has 1 aliphatic heterocycles. The van der Waals surface area contributed by atoms with Crippen molar-refractivity contribution in [2.24, 2.45) is 11.7 Å². The van der Waals surface area contributed by atoms with E-state index in [2.05, 4.69) is 10.5 Å². The molecule has 1 aliphatic rings. The van der Waals surface area contributed by atoms with Crippen LogP contribution < -0.4 is 15.8 Å². The van der Waals surface area contributed by atoms with Gasteiger partial charge in [0.15, 0.2) is 11.7 Å². The first-order chi connectivity index (χ1) is 15.0. The maximum absolute atomic E-state index is 12.7. The Morgan fingerprint density at radius 2 is 2.06 bits per heavy atom. The van der Waals surface area contributed by atoms with Crippen molar-refractivity contribution in [2.45, 2.75) is 19.4 Å². The number of hydrogen-bond acceptors (Lipinski definition) is 6. The quantitative estimate of drug-likeness (QED) is 0.339. The molecule has 3 aromatic rings. The number of benzene rings is 1. The number of aromatic nitrogens is 1. The Morgan fingerprint density at radius 1 is 1.31 bits per heavy atom. The topological polar surface area (TPSA) is 117 Å². The molecule has 170 valence electrons. The second-order valence-corrected chi connectivity index (χ2v) is 8.92. The maximum atomic E-state index is 12.7. The minimum atomic E-state index is -0.126. The van der Waals surface area contributed by atoms with Gasteiger partial charge in [0.2, 0.25) is 5.91 Å². The Labute approximate surface area is 200 Å². The molecule has 32 heavy (non-hydrogen) atoms. The van der Waals surface area contributed by atoms with Gasteiger partial charge in [-0.3, -0.25) is 10.2 Å². The summed E-state index contributed by atoms with van der Waals surface area (Å²) in [5, 5.41) is 14.5. The van der Waals surface area contributed by atoms with Crippen molar-refractivity contribution in [3.63, 3.8) is 0 Å². The lowest BCUT2D eigenvalue weighted by molar-refractivity contribution is -0.121. The Balaban J connectivity index is 0.00000289. The normalized spacial score (nSPS) is 14.0. The van der Waals surface area contributed by atoms with E-state index in [4.69, 9.17) is 32.0 Å². The Morgan fingerprint density at radius 3 is 2.75 bits per heavy atom. The number of amides is 1. The van der Waals surface area contributed by atoms with Gasteiger partial charge in [0.05, 0.1) is 14.9 Å². The van der Waals surface area contributed by atoms with Crippen LogP contribution >= 0.6 is 35.3 Å². The van der Waals surface area contributed by atoms with Gasteiger partial charge in [0, 0.05) is 25.1 Å². The van der Waals surface area contributed by atoms with E-state index in [1.807, 2.05) is 30.3 Å². The summed E-state index contributed by atoms with van der Waals surface area (Å²) in [4.78, 5) is 15.4. The number of rotatable bonds is 6. The first kappa shape index (κ1) is 23.9. The molecule has 8 nitrogen and oxygen atoms in total. The van der Waals surface area contributed by atoms with Gasteiger partial charge in [-0.2, -0.15) is 0 Å². The summed E-state index contributed by atoms with van der Waals surface area (Å²) < 4.78 is 12.0. The Bertz CT molecular complexity index is 1080. The molecule has 1 saturated heterocycles. The van der Waals surface area contributed by atoms with Crippen molar-refractivity contribution in [1.82, 2.24) is 10.1 Å². The first-order valence-corrected chi connectivity index (χ1v) is 11.0. The van der Waals surface area contributed by atoms with Gasteiger partial charge in [0.1, 0.15) is 18.1 Å². The van der Waals surface area contributed by atoms with E-state index in [-0.39, 0.29) is 36.8 Å². The number of carbonyl (C=O) groups is 1. The SMILES string of the molecule is Cl.N=C(N)N1CCC(C(=O)Nc2ccccc2OCc2cc(-c3ccc(Cl)s3)on2)CC1. The molecule has 2 aromatic heterocycles. The minimum absolute atomic E-state index is 0. The van der Waals surface area contributed by atoms with Crippen LogP contribution in [0, 0.1) is 11.3 Å². The number of likely N-dealkylation sites (tertiary alicyclic amines) is 1. The van der Waals surface area contributed by atoms with Crippen LogP contribution in [0.25, 0.3) is 10.6 Å². The number of halogens is 2. The molecule has 3 heterocycles. The van der Waals surface area contributed by atoms with Crippen molar-refractivity contribution in [1.29, 1.82) is 5.41 Å². The number of anilines is 1. The highest BCUT2D eigenvalue weighted by Gasteiger charge is 2.26. The molecule has 0 aliphatic carbocycles. The monoisotopic (exact) mass is 495 g/mol. The van der Waals surface area contributed by atoms with Crippen molar-refractivity contribution >= 4 is 52.9 Å². The highest BCUT2D eigenvalue weighted by Crippen LogP contribution is 2.32. The molecule has 0 bridgehead atoms. The van der Waals surface area contributed by atoms with Crippen LogP contribution in [0.4, 0.5) is 5.69 Å². The molecular formula is C21H23Cl2N5O3S. The standard InChI is InChI=1S/C21H22ClN5O3S.ClH/c22-19-6-5-18(31-19)17-11-14(26-30-17)12-29-16-4-2-1-3-15(16)25-20(28)13-7-9-27(10-8-13)21(23)24;/h1-6,11,13H,7-10,12H2,(H3,23,24)(H,25,28);1H. The Kier molecular flexibility index (Phi) is 8.00. The number of nitrogens with zero attached hydrogens (tertiary/aromatic N) is 2. The summed E-state index contributed by atoms with van der Waals surface area (Å²) in [7, 11) is 0. The predicted octanol–water partition coefficient (Wildman–Crippen LogP) is 4.60. The van der Waals surface area contributed by atoms with Gasteiger partial charge >= 0.3 is 0 Å². The zero-order valence-electron chi connectivity index (χ0n) is 17.0. The molecular weight excluding hydrogens is 473 g/mol. The summed E-state index contributed by atoms with van der Waals surface area (Å²) in [6, 6.07) is 12.8. The number of hydrogen-bond donors (Lipinski definition) is 3. The Hall–Kier alpha value is -2.75. The molecule has 0 radical (unpaired) electrons. The number of piperidine rings is 1. The van der Waals surface area contributed by atoms with Crippen LogP contribution in [0.15, 0.2) is 47.0 Å². The second kappa shape index (κ2) is 10.7. The van der Waals surface area contributed by atoms with Crippen LogP contribution in [-0.4, -0.2) is 35.0 Å². The molecule has 0 saturated carbocycles. The van der Waals surface area contributed by atoms with Crippen LogP contribution in [0.5, 0.6) is 5.75 Å². The molecule has 11 heteroatoms. The van der Waals surface area contributed by atoms with Crippen LogP contribution in [-0.2, 0) is 11.4 Å². The van der Waals surface area contributed by atoms with E-state index in [1.165, 1.54) is 11.3 Å². The zero-order valence-corrected chi connectivity index (χ0v) is 19.4. The van der Waals surface area contributed by atoms with Gasteiger partial charge in [-0.1, -0.05) is 28.9 Å². The van der Waals surface area contributed by atoms with E-state index in [0.29, 0.717) is 53.2 Å². The number of para-hydroxylation sites is 2. The fourth-order valence-corrected chi connectivity index (χ4v) is 4.40. The smallest absolute Gasteiger partial charge is 0.227 e. The average molecular weight is 496 g/mol. The number of nitrogens with one attached hydrogen (secondary N) is 2. The lowest BCUT2D eigenvalue weighted by Crippen LogP contribution is -2.44. The van der Waals surface area contributed by atoms with E-state index in [9.17, 15) is 4.79 Å². The van der Waals surface area contributed by atoms with Gasteiger partial charge in [-0.15, -0.1) is 23.7 Å². The predicted molar refractivity (Wildman–Crippen MR) is 128 cm³/mol. The molecule has 1 aromatic carbocycles. The molecule has 0 spiro atoms. The third kappa shape index (κ3) is 5.73. The lowest BCUT2D eigenvalue weighted by atomic mass is 9.96. The van der Waals surface area contributed by atoms with Crippen molar-refractivity contribution in [3.05, 3.63) is 52.5 Å². The van der Waals surface area contributed by atoms with E-state index >= 15 is 0 Å². The number of carbonyl (C=O) groups excluding carboxylic acids is 1. The minimum Gasteiger partial charge on any atom is -0.485 e. The summed E-state index contributed by atoms with van der Waals surface area (Å²) in [5.74, 6) is 1.06. The van der Waals surface area contributed by atoms with Crippen molar-refractivity contribution in [2.75, 3.05) is 18.4 Å². The summed E-state index contributed by atoms with van der Waals surface area (Å²) >= 11 is 7.39. The summed E-state index contributed by atoms with van der Waals surface area (Å²) in [5.41, 5.74) is 6.77. The molecule has 4 rings (SSSR count). The number of nitrogens with two attached hydrogens (primary N) is 1. The lowest BCUT2D eigenvalue weighted by Gasteiger charge is -2.31. The first-order valence-electron chi connectivity index (χ1n) is 9.82. The van der Waals surface area contributed by atoms with Crippen LogP contribution in [0.1, 0.15) is 18.5 Å². The fraction of sp³-hybridized carbons (Fsp3) is 0.286. The molecule has 4 N–H and O–H groups in total. The molecule has 1 fully saturated rings. The summed E-state index contributed by atoms with van der Waals surface area (Å²) in [6.07, 6.45) is 1.31. The van der Waals surface area contributed by atoms with Crippen LogP contribution in [0.2, 0.25) is 4.34 Å². The largest absolute Gasteiger partial charge is 0.485 e. The van der Waals surface area contributed by atoms with Gasteiger partial charge < -0.3 is 25.2 Å². The average Bonchev–Trinajstić information content (AvgIpc) is 3.42. The number of guanidine groups is 1. The maximum Gasteiger partial charge on any atom is 0.227 e. The molecule has 1 amide bonds. The molecule has 0 atom stereocenters. The second-order valence-electron chi connectivity index (χ2n) is 7.21. The van der Waals surface area contributed by atoms with Gasteiger partial charge in [-0.25, -0.2) is 0 Å². The van der Waals surface area contributed by atoms with E-state index in [0.717, 1.165) is 4.88 Å². The van der Waals surface area contributed by atoms with Crippen molar-refractivity contribution in [3.8, 4) is 16.4 Å². The number of thiophene rings is 1. The van der Waals surface area contributed by atoms with Crippen molar-refractivity contribution < 1.29 is 14.1 Å². The van der Waals surface area contributed by atoms with E-state index in [1.54, 1.807) is 17.0 Å². The highest BCUT2D eigenvalue weighted by molar-refractivity contribution is 7.19. The third-order valence-electron chi connectivity index (χ3n) is 5.10.